The molecule has 0 aromatic heterocycles. The van der Waals surface area contributed by atoms with Gasteiger partial charge in [0.25, 0.3) is 5.72 Å². The summed E-state index contributed by atoms with van der Waals surface area (Å²) >= 11 is 0. The first-order chi connectivity index (χ1) is 14.7. The molecule has 0 heterocycles. The van der Waals surface area contributed by atoms with Gasteiger partial charge in [0.2, 0.25) is 0 Å². The third kappa shape index (κ3) is 4.24. The highest BCUT2D eigenvalue weighted by Crippen LogP contribution is 2.44. The maximum Gasteiger partial charge on any atom is 0.409 e. The van der Waals surface area contributed by atoms with Crippen LogP contribution in [0.25, 0.3) is 11.1 Å². The molecule has 0 saturated carbocycles. The number of carboxylic acids is 1. The number of carboxylic acid groups (broad SMARTS) is 1. The lowest BCUT2D eigenvalue weighted by Gasteiger charge is -2.33. The van der Waals surface area contributed by atoms with E-state index in [0.717, 1.165) is 22.3 Å². The summed E-state index contributed by atoms with van der Waals surface area (Å²) in [6.07, 6.45) is -8.14. The predicted octanol–water partition coefficient (Wildman–Crippen LogP) is -0.627. The Labute approximate surface area is 177 Å². The van der Waals surface area contributed by atoms with E-state index in [9.17, 15) is 35.1 Å². The minimum Gasteiger partial charge on any atom is -0.478 e. The Balaban J connectivity index is 1.74. The van der Waals surface area contributed by atoms with E-state index in [4.69, 9.17) is 9.84 Å². The van der Waals surface area contributed by atoms with Crippen LogP contribution in [0.4, 0.5) is 4.79 Å². The van der Waals surface area contributed by atoms with Crippen LogP contribution in [0.3, 0.4) is 0 Å². The molecule has 31 heavy (non-hydrogen) atoms. The number of benzene rings is 2. The van der Waals surface area contributed by atoms with Crippen molar-refractivity contribution in [2.75, 3.05) is 13.2 Å². The summed E-state index contributed by atoms with van der Waals surface area (Å²) in [7, 11) is 0. The molecule has 1 amide bonds. The minimum absolute atomic E-state index is 0.187. The summed E-state index contributed by atoms with van der Waals surface area (Å²) in [4.78, 5) is 23.7. The van der Waals surface area contributed by atoms with E-state index in [-0.39, 0.29) is 12.5 Å². The Morgan fingerprint density at radius 1 is 1.00 bits per heavy atom. The lowest BCUT2D eigenvalue weighted by molar-refractivity contribution is -0.196. The number of ether oxygens (including phenoxy) is 1. The molecule has 166 valence electrons. The van der Waals surface area contributed by atoms with E-state index in [1.54, 1.807) is 5.32 Å². The van der Waals surface area contributed by atoms with E-state index in [0.29, 0.717) is 0 Å². The summed E-state index contributed by atoms with van der Waals surface area (Å²) in [6.45, 7) is -1.20. The second-order valence-electron chi connectivity index (χ2n) is 7.21. The number of hydrogen-bond acceptors (Lipinski definition) is 8. The Kier molecular flexibility index (Phi) is 6.58. The average Bonchev–Trinajstić information content (AvgIpc) is 3.09. The molecule has 10 heteroatoms. The number of amides is 1. The van der Waals surface area contributed by atoms with Crippen LogP contribution in [0.5, 0.6) is 0 Å². The molecular formula is C21H23NO9. The van der Waals surface area contributed by atoms with Crippen LogP contribution in [-0.4, -0.2) is 80.0 Å². The number of hydrogen-bond donors (Lipinski definition) is 7. The topological polar surface area (TPSA) is 177 Å². The molecule has 0 aliphatic heterocycles. The second kappa shape index (κ2) is 9.00. The van der Waals surface area contributed by atoms with Crippen molar-refractivity contribution in [1.82, 2.24) is 5.32 Å². The van der Waals surface area contributed by atoms with Gasteiger partial charge in [-0.3, -0.25) is 5.32 Å². The van der Waals surface area contributed by atoms with Gasteiger partial charge in [-0.1, -0.05) is 48.5 Å². The first-order valence-electron chi connectivity index (χ1n) is 9.44. The largest absolute Gasteiger partial charge is 0.478 e. The van der Waals surface area contributed by atoms with Crippen LogP contribution in [0.2, 0.25) is 0 Å². The van der Waals surface area contributed by atoms with Crippen molar-refractivity contribution in [2.24, 2.45) is 0 Å². The summed E-state index contributed by atoms with van der Waals surface area (Å²) < 4.78 is 5.12. The standard InChI is InChI=1S/C21H23NO9/c23-9-16(24)17(25)18(26)21(30,19(27)28)22-20(29)31-10-15-13-7-3-1-5-11(13)12-6-2-4-8-14(12)15/h1-8,15-18,23-26,30H,9-10H2,(H,22,29)(H,27,28)/t16-,17-,18+,21+/m1/s1. The van der Waals surface area contributed by atoms with E-state index in [1.165, 1.54) is 0 Å². The molecule has 1 aliphatic rings. The van der Waals surface area contributed by atoms with Crippen LogP contribution in [0.1, 0.15) is 17.0 Å². The van der Waals surface area contributed by atoms with Gasteiger partial charge in [-0.05, 0) is 22.3 Å². The first kappa shape index (κ1) is 22.7. The van der Waals surface area contributed by atoms with Crippen LogP contribution < -0.4 is 5.32 Å². The molecule has 4 atom stereocenters. The molecule has 7 N–H and O–H groups in total. The third-order valence-electron chi connectivity index (χ3n) is 5.30. The lowest BCUT2D eigenvalue weighted by Crippen LogP contribution is -2.67. The van der Waals surface area contributed by atoms with Crippen molar-refractivity contribution >= 4 is 12.1 Å². The number of nitrogens with one attached hydrogen (secondary N) is 1. The zero-order valence-electron chi connectivity index (χ0n) is 16.3. The van der Waals surface area contributed by atoms with Gasteiger partial charge in [0.15, 0.2) is 0 Å². The van der Waals surface area contributed by atoms with Crippen LogP contribution in [-0.2, 0) is 9.53 Å². The molecule has 1 aliphatic carbocycles. The van der Waals surface area contributed by atoms with Gasteiger partial charge in [0.05, 0.1) is 6.61 Å². The van der Waals surface area contributed by atoms with Crippen LogP contribution >= 0.6 is 0 Å². The predicted molar refractivity (Wildman–Crippen MR) is 106 cm³/mol. The molecule has 10 nitrogen and oxygen atoms in total. The van der Waals surface area contributed by atoms with Gasteiger partial charge in [-0.25, -0.2) is 9.59 Å². The highest BCUT2D eigenvalue weighted by Gasteiger charge is 2.50. The number of fused-ring (bicyclic) bond motifs is 3. The molecule has 0 radical (unpaired) electrons. The first-order valence-corrected chi connectivity index (χ1v) is 9.44. The van der Waals surface area contributed by atoms with Crippen molar-refractivity contribution in [1.29, 1.82) is 0 Å². The van der Waals surface area contributed by atoms with Gasteiger partial charge in [-0.15, -0.1) is 0 Å². The number of aliphatic hydroxyl groups excluding tert-OH is 4. The van der Waals surface area contributed by atoms with Gasteiger partial charge >= 0.3 is 12.1 Å². The number of rotatable bonds is 8. The van der Waals surface area contributed by atoms with Gasteiger partial charge < -0.3 is 35.4 Å². The number of carbonyl (C=O) groups is 2. The molecule has 0 bridgehead atoms. The summed E-state index contributed by atoms with van der Waals surface area (Å²) in [5.41, 5.74) is 0.396. The highest BCUT2D eigenvalue weighted by molar-refractivity contribution is 5.83. The van der Waals surface area contributed by atoms with Crippen LogP contribution in [0.15, 0.2) is 48.5 Å². The Hall–Kier alpha value is -3.02. The quantitative estimate of drug-likeness (QED) is 0.267. The fourth-order valence-corrected chi connectivity index (χ4v) is 3.61. The molecule has 2 aromatic rings. The molecule has 0 fully saturated rings. The van der Waals surface area contributed by atoms with Crippen molar-refractivity contribution in [2.45, 2.75) is 30.0 Å². The average molecular weight is 433 g/mol. The smallest absolute Gasteiger partial charge is 0.409 e. The Morgan fingerprint density at radius 3 is 2.00 bits per heavy atom. The number of alkyl carbamates (subject to hydrolysis) is 1. The summed E-state index contributed by atoms with van der Waals surface area (Å²) in [5.74, 6) is -2.43. The fourth-order valence-electron chi connectivity index (χ4n) is 3.61. The van der Waals surface area contributed by atoms with Crippen molar-refractivity contribution in [3.8, 4) is 11.1 Å². The molecule has 2 aromatic carbocycles. The molecule has 0 spiro atoms. The Morgan fingerprint density at radius 2 is 1.52 bits per heavy atom. The highest BCUT2D eigenvalue weighted by atomic mass is 16.6. The molecule has 0 unspecified atom stereocenters. The van der Waals surface area contributed by atoms with E-state index in [1.807, 2.05) is 48.5 Å². The SMILES string of the molecule is O=C(N[C@@](O)(C(=O)O)[C@@H](O)[C@H](O)[C@H](O)CO)OCC1c2ccccc2-c2ccccc21. The van der Waals surface area contributed by atoms with Gasteiger partial charge in [0.1, 0.15) is 24.9 Å². The molecule has 0 saturated heterocycles. The van der Waals surface area contributed by atoms with Crippen molar-refractivity contribution < 1.29 is 45.0 Å². The van der Waals surface area contributed by atoms with Crippen LogP contribution in [0, 0.1) is 0 Å². The van der Waals surface area contributed by atoms with Crippen molar-refractivity contribution in [3.05, 3.63) is 59.7 Å². The third-order valence-corrected chi connectivity index (χ3v) is 5.30. The monoisotopic (exact) mass is 433 g/mol. The Bertz CT molecular complexity index is 920. The summed E-state index contributed by atoms with van der Waals surface area (Å²) in [5, 5.41) is 59.1. The van der Waals surface area contributed by atoms with Gasteiger partial charge in [-0.2, -0.15) is 0 Å². The number of aliphatic hydroxyl groups is 5. The maximum absolute atomic E-state index is 12.2. The van der Waals surface area contributed by atoms with Crippen molar-refractivity contribution in [3.63, 3.8) is 0 Å². The zero-order valence-corrected chi connectivity index (χ0v) is 16.3. The molecular weight excluding hydrogens is 410 g/mol. The zero-order chi connectivity index (χ0) is 22.8. The minimum atomic E-state index is -3.38. The van der Waals surface area contributed by atoms with Gasteiger partial charge in [0, 0.05) is 5.92 Å². The fraction of sp³-hybridized carbons (Fsp3) is 0.333. The normalized spacial score (nSPS) is 17.6. The maximum atomic E-state index is 12.2. The van der Waals surface area contributed by atoms with E-state index in [2.05, 4.69) is 0 Å². The number of carbonyl (C=O) groups excluding carboxylic acids is 1. The molecule has 3 rings (SSSR count). The second-order valence-corrected chi connectivity index (χ2v) is 7.21. The number of aliphatic carboxylic acids is 1. The van der Waals surface area contributed by atoms with E-state index < -0.39 is 42.7 Å². The van der Waals surface area contributed by atoms with E-state index >= 15 is 0 Å². The summed E-state index contributed by atoms with van der Waals surface area (Å²) in [6, 6.07) is 15.1. The lowest BCUT2D eigenvalue weighted by atomic mass is 9.97.